The van der Waals surface area contributed by atoms with E-state index in [1.54, 1.807) is 18.2 Å². The topological polar surface area (TPSA) is 104 Å². The average molecular weight is 332 g/mol. The fourth-order valence-corrected chi connectivity index (χ4v) is 2.65. The van der Waals surface area contributed by atoms with Gasteiger partial charge in [0.2, 0.25) is 5.91 Å². The molecule has 0 fully saturated rings. The highest BCUT2D eigenvalue weighted by atomic mass is 16.4. The van der Waals surface area contributed by atoms with E-state index < -0.39 is 36.2 Å². The maximum atomic E-state index is 12.3. The van der Waals surface area contributed by atoms with Crippen LogP contribution in [0.15, 0.2) is 18.2 Å². The Bertz CT molecular complexity index is 698. The largest absolute Gasteiger partial charge is 0.481 e. The van der Waals surface area contributed by atoms with Gasteiger partial charge in [0.05, 0.1) is 17.0 Å². The van der Waals surface area contributed by atoms with Crippen molar-refractivity contribution in [2.45, 2.75) is 26.7 Å². The standard InChI is InChI=1S/C17H20N2O5/c1-3-4-11(17(23)24)8-18-14(20)9-19-15(21)12-6-5-10(2)7-13(12)16(19)22/h5-7,11H,3-4,8-9H2,1-2H3,(H,18,20)(H,23,24). The van der Waals surface area contributed by atoms with Crippen molar-refractivity contribution in [3.63, 3.8) is 0 Å². The molecule has 0 bridgehead atoms. The van der Waals surface area contributed by atoms with Gasteiger partial charge in [0, 0.05) is 6.54 Å². The summed E-state index contributed by atoms with van der Waals surface area (Å²) in [7, 11) is 0. The predicted octanol–water partition coefficient (Wildman–Crippen LogP) is 1.21. The lowest BCUT2D eigenvalue weighted by Crippen LogP contribution is -2.42. The summed E-state index contributed by atoms with van der Waals surface area (Å²) < 4.78 is 0. The second kappa shape index (κ2) is 7.25. The number of benzene rings is 1. The quantitative estimate of drug-likeness (QED) is 0.730. The number of rotatable bonds is 7. The number of aliphatic carboxylic acids is 1. The minimum Gasteiger partial charge on any atom is -0.481 e. The van der Waals surface area contributed by atoms with Crippen molar-refractivity contribution in [3.8, 4) is 0 Å². The van der Waals surface area contributed by atoms with Crippen molar-refractivity contribution < 1.29 is 24.3 Å². The van der Waals surface area contributed by atoms with E-state index in [-0.39, 0.29) is 12.1 Å². The maximum absolute atomic E-state index is 12.3. The lowest BCUT2D eigenvalue weighted by atomic mass is 10.0. The summed E-state index contributed by atoms with van der Waals surface area (Å²) in [5, 5.41) is 11.5. The summed E-state index contributed by atoms with van der Waals surface area (Å²) in [5.41, 5.74) is 1.43. The van der Waals surface area contributed by atoms with Gasteiger partial charge < -0.3 is 10.4 Å². The second-order valence-electron chi connectivity index (χ2n) is 5.87. The van der Waals surface area contributed by atoms with Gasteiger partial charge in [-0.15, -0.1) is 0 Å². The summed E-state index contributed by atoms with van der Waals surface area (Å²) in [4.78, 5) is 48.4. The molecule has 0 aliphatic carbocycles. The number of carbonyl (C=O) groups is 4. The van der Waals surface area contributed by atoms with E-state index >= 15 is 0 Å². The first-order valence-corrected chi connectivity index (χ1v) is 7.81. The molecule has 1 aliphatic rings. The number of hydrogen-bond donors (Lipinski definition) is 2. The molecule has 128 valence electrons. The summed E-state index contributed by atoms with van der Waals surface area (Å²) in [5.74, 6) is -3.22. The van der Waals surface area contributed by atoms with Gasteiger partial charge in [-0.3, -0.25) is 24.1 Å². The molecule has 1 unspecified atom stereocenters. The Hall–Kier alpha value is -2.70. The van der Waals surface area contributed by atoms with E-state index in [0.29, 0.717) is 18.4 Å². The van der Waals surface area contributed by atoms with Gasteiger partial charge in [-0.25, -0.2) is 0 Å². The van der Waals surface area contributed by atoms with Crippen LogP contribution in [0.5, 0.6) is 0 Å². The molecule has 7 heteroatoms. The van der Waals surface area contributed by atoms with Crippen molar-refractivity contribution in [1.82, 2.24) is 10.2 Å². The Labute approximate surface area is 139 Å². The minimum atomic E-state index is -0.978. The number of nitrogens with zero attached hydrogens (tertiary/aromatic N) is 1. The first-order valence-electron chi connectivity index (χ1n) is 7.81. The molecule has 7 nitrogen and oxygen atoms in total. The molecule has 0 radical (unpaired) electrons. The molecule has 24 heavy (non-hydrogen) atoms. The van der Waals surface area contributed by atoms with E-state index in [1.807, 2.05) is 13.8 Å². The monoisotopic (exact) mass is 332 g/mol. The van der Waals surface area contributed by atoms with Crippen molar-refractivity contribution in [1.29, 1.82) is 0 Å². The van der Waals surface area contributed by atoms with Gasteiger partial charge in [-0.2, -0.15) is 0 Å². The molecule has 1 atom stereocenters. The molecule has 0 aromatic heterocycles. The Morgan fingerprint density at radius 2 is 1.88 bits per heavy atom. The highest BCUT2D eigenvalue weighted by Gasteiger charge is 2.36. The molecule has 2 N–H and O–H groups in total. The number of amides is 3. The number of hydrogen-bond acceptors (Lipinski definition) is 4. The van der Waals surface area contributed by atoms with Gasteiger partial charge in [-0.1, -0.05) is 25.0 Å². The molecule has 3 amide bonds. The van der Waals surface area contributed by atoms with Crippen molar-refractivity contribution >= 4 is 23.7 Å². The number of imide groups is 1. The number of carboxylic acid groups (broad SMARTS) is 1. The zero-order valence-electron chi connectivity index (χ0n) is 13.7. The van der Waals surface area contributed by atoms with Gasteiger partial charge >= 0.3 is 5.97 Å². The molecule has 2 rings (SSSR count). The van der Waals surface area contributed by atoms with Crippen LogP contribution < -0.4 is 5.32 Å². The Kier molecular flexibility index (Phi) is 5.33. The zero-order chi connectivity index (χ0) is 17.9. The first-order chi connectivity index (χ1) is 11.3. The number of nitrogens with one attached hydrogen (secondary N) is 1. The third kappa shape index (κ3) is 3.61. The lowest BCUT2D eigenvalue weighted by molar-refractivity contribution is -0.142. The third-order valence-electron chi connectivity index (χ3n) is 3.96. The van der Waals surface area contributed by atoms with Crippen molar-refractivity contribution in [2.24, 2.45) is 5.92 Å². The fraction of sp³-hybridized carbons (Fsp3) is 0.412. The van der Waals surface area contributed by atoms with Gasteiger partial charge in [0.15, 0.2) is 0 Å². The molecule has 1 aliphatic heterocycles. The van der Waals surface area contributed by atoms with E-state index in [2.05, 4.69) is 5.32 Å². The summed E-state index contributed by atoms with van der Waals surface area (Å²) >= 11 is 0. The molecule has 1 aromatic carbocycles. The van der Waals surface area contributed by atoms with Crippen LogP contribution in [-0.2, 0) is 9.59 Å². The van der Waals surface area contributed by atoms with E-state index in [9.17, 15) is 19.2 Å². The molecule has 0 saturated carbocycles. The average Bonchev–Trinajstić information content (AvgIpc) is 2.75. The van der Waals surface area contributed by atoms with E-state index in [1.165, 1.54) is 0 Å². The van der Waals surface area contributed by atoms with Gasteiger partial charge in [-0.05, 0) is 25.5 Å². The Balaban J connectivity index is 1.99. The molecule has 1 aromatic rings. The van der Waals surface area contributed by atoms with E-state index in [4.69, 9.17) is 5.11 Å². The van der Waals surface area contributed by atoms with E-state index in [0.717, 1.165) is 10.5 Å². The predicted molar refractivity (Wildman–Crippen MR) is 85.6 cm³/mol. The molecular weight excluding hydrogens is 312 g/mol. The zero-order valence-corrected chi connectivity index (χ0v) is 13.7. The summed E-state index contributed by atoms with van der Waals surface area (Å²) in [6.07, 6.45) is 1.13. The molecule has 0 spiro atoms. The van der Waals surface area contributed by atoms with Crippen LogP contribution in [0.1, 0.15) is 46.0 Å². The Morgan fingerprint density at radius 3 is 2.50 bits per heavy atom. The van der Waals surface area contributed by atoms with Crippen LogP contribution in [0, 0.1) is 12.8 Å². The van der Waals surface area contributed by atoms with Crippen LogP contribution >= 0.6 is 0 Å². The maximum Gasteiger partial charge on any atom is 0.308 e. The van der Waals surface area contributed by atoms with Crippen molar-refractivity contribution in [3.05, 3.63) is 34.9 Å². The third-order valence-corrected chi connectivity index (χ3v) is 3.96. The number of carbonyl (C=O) groups excluding carboxylic acids is 3. The number of fused-ring (bicyclic) bond motifs is 1. The van der Waals surface area contributed by atoms with Crippen LogP contribution in [-0.4, -0.2) is 46.8 Å². The van der Waals surface area contributed by atoms with Gasteiger partial charge in [0.1, 0.15) is 6.54 Å². The molecular formula is C17H20N2O5. The van der Waals surface area contributed by atoms with Crippen LogP contribution in [0.25, 0.3) is 0 Å². The molecule has 0 saturated heterocycles. The fourth-order valence-electron chi connectivity index (χ4n) is 2.65. The van der Waals surface area contributed by atoms with Gasteiger partial charge in [0.25, 0.3) is 11.8 Å². The summed E-state index contributed by atoms with van der Waals surface area (Å²) in [6.45, 7) is 3.24. The molecule has 1 heterocycles. The lowest BCUT2D eigenvalue weighted by Gasteiger charge is -2.16. The Morgan fingerprint density at radius 1 is 1.21 bits per heavy atom. The number of carboxylic acids is 1. The second-order valence-corrected chi connectivity index (χ2v) is 5.87. The van der Waals surface area contributed by atoms with Crippen LogP contribution in [0.2, 0.25) is 0 Å². The van der Waals surface area contributed by atoms with Crippen LogP contribution in [0.4, 0.5) is 0 Å². The smallest absolute Gasteiger partial charge is 0.308 e. The number of aryl methyl sites for hydroxylation is 1. The normalized spacial score (nSPS) is 14.5. The summed E-state index contributed by atoms with van der Waals surface area (Å²) in [6, 6.07) is 4.93. The SMILES string of the molecule is CCCC(CNC(=O)CN1C(=O)c2ccc(C)cc2C1=O)C(=O)O. The minimum absolute atomic E-state index is 0.0235. The first kappa shape index (κ1) is 17.7. The highest BCUT2D eigenvalue weighted by Crippen LogP contribution is 2.23. The van der Waals surface area contributed by atoms with Crippen LogP contribution in [0.3, 0.4) is 0 Å². The van der Waals surface area contributed by atoms with Crippen molar-refractivity contribution in [2.75, 3.05) is 13.1 Å². The highest BCUT2D eigenvalue weighted by molar-refractivity contribution is 6.22.